The van der Waals surface area contributed by atoms with Gasteiger partial charge >= 0.3 is 26.2 Å². The van der Waals surface area contributed by atoms with Crippen LogP contribution < -0.4 is 0 Å². The average molecular weight is 608 g/mol. The van der Waals surface area contributed by atoms with Crippen molar-refractivity contribution in [1.29, 1.82) is 0 Å². The maximum absolute atomic E-state index is 3.60. The smallest absolute Gasteiger partial charge is 0.343 e. The molecule has 2 unspecified atom stereocenters. The molecule has 200 valence electrons. The summed E-state index contributed by atoms with van der Waals surface area (Å²) in [5, 5.41) is 0. The molecule has 3 aliphatic rings. The van der Waals surface area contributed by atoms with Crippen LogP contribution in [0.5, 0.6) is 0 Å². The van der Waals surface area contributed by atoms with Crippen LogP contribution in [0.15, 0.2) is 84.4 Å². The van der Waals surface area contributed by atoms with Crippen molar-refractivity contribution in [1.82, 2.24) is 0 Å². The summed E-state index contributed by atoms with van der Waals surface area (Å²) in [6.45, 7) is 10.3. The maximum Gasteiger partial charge on any atom is 2.00 e. The minimum atomic E-state index is 0. The van der Waals surface area contributed by atoms with Crippen LogP contribution in [0.3, 0.4) is 0 Å². The van der Waals surface area contributed by atoms with Gasteiger partial charge in [0, 0.05) is 9.52 Å². The molecular formula is C37H44SiZr. The predicted molar refractivity (Wildman–Crippen MR) is 170 cm³/mol. The molecule has 1 heterocycles. The molecule has 39 heavy (non-hydrogen) atoms. The first kappa shape index (κ1) is 31.8. The summed E-state index contributed by atoms with van der Waals surface area (Å²) in [5.74, 6) is 2.48. The molecule has 0 nitrogen and oxygen atoms in total. The van der Waals surface area contributed by atoms with Gasteiger partial charge < -0.3 is 6.92 Å². The van der Waals surface area contributed by atoms with Crippen molar-refractivity contribution in [3.05, 3.63) is 120 Å². The Morgan fingerprint density at radius 3 is 2.15 bits per heavy atom. The van der Waals surface area contributed by atoms with Gasteiger partial charge in [-0.2, -0.15) is 12.8 Å². The molecule has 0 bridgehead atoms. The van der Waals surface area contributed by atoms with Gasteiger partial charge in [0.15, 0.2) is 0 Å². The van der Waals surface area contributed by atoms with E-state index in [4.69, 9.17) is 0 Å². The van der Waals surface area contributed by atoms with Gasteiger partial charge in [-0.3, -0.25) is 5.92 Å². The quantitative estimate of drug-likeness (QED) is 0.193. The van der Waals surface area contributed by atoms with E-state index in [9.17, 15) is 0 Å². The van der Waals surface area contributed by atoms with Gasteiger partial charge in [-0.15, -0.1) is 17.9 Å². The van der Waals surface area contributed by atoms with Crippen molar-refractivity contribution in [3.63, 3.8) is 0 Å². The normalized spacial score (nSPS) is 18.2. The summed E-state index contributed by atoms with van der Waals surface area (Å²) in [4.78, 5) is 0. The number of benzene rings is 3. The summed E-state index contributed by atoms with van der Waals surface area (Å²) >= 11 is 0. The minimum Gasteiger partial charge on any atom is -0.343 e. The molecule has 0 N–H and O–H groups in total. The Morgan fingerprint density at radius 1 is 0.846 bits per heavy atom. The summed E-state index contributed by atoms with van der Waals surface area (Å²) in [6, 6.07) is 29.6. The molecular weight excluding hydrogens is 564 g/mol. The zero-order valence-electron chi connectivity index (χ0n) is 24.2. The monoisotopic (exact) mass is 606 g/mol. The molecule has 2 radical (unpaired) electrons. The van der Waals surface area contributed by atoms with E-state index in [1.165, 1.54) is 86.2 Å². The maximum atomic E-state index is 3.60. The van der Waals surface area contributed by atoms with E-state index in [0.29, 0.717) is 11.8 Å². The molecule has 3 aromatic carbocycles. The molecule has 0 spiro atoms. The molecule has 0 aromatic heterocycles. The predicted octanol–water partition coefficient (Wildman–Crippen LogP) is 11.0. The van der Waals surface area contributed by atoms with Crippen molar-refractivity contribution < 1.29 is 26.2 Å². The third kappa shape index (κ3) is 7.92. The first-order chi connectivity index (χ1) is 18.7. The Kier molecular flexibility index (Phi) is 13.4. The Labute approximate surface area is 260 Å². The molecule has 1 aliphatic heterocycles. The second-order valence-electron chi connectivity index (χ2n) is 10.6. The number of unbranched alkanes of at least 4 members (excludes halogenated alkanes) is 1. The average Bonchev–Trinajstić information content (AvgIpc) is 3.73. The van der Waals surface area contributed by atoms with E-state index >= 15 is 0 Å². The molecule has 1 saturated heterocycles. The number of hydrogen-bond acceptors (Lipinski definition) is 0. The van der Waals surface area contributed by atoms with Crippen LogP contribution in [0.2, 0.25) is 12.1 Å². The van der Waals surface area contributed by atoms with Gasteiger partial charge in [0.2, 0.25) is 0 Å². The summed E-state index contributed by atoms with van der Waals surface area (Å²) in [7, 11) is 1.31. The fourth-order valence-corrected chi connectivity index (χ4v) is 7.14. The van der Waals surface area contributed by atoms with E-state index in [2.05, 4.69) is 119 Å². The standard InChI is InChI=1S/C29H27.C4H8Si.C4H9.Zr/c1-3-10-28(29-20(2)19-22-13-7-8-14-24(22)29)27-18-17-26-23(15-9-16-25(26)27)21-11-5-4-6-12-21;1-2-4-5-3-1;1-3-4-2;/h4-9,11-19,27,29H,3,10H2,1-2H3;1-4H2;1,3-4H2,2H3;/q-1;;-1;+2. The van der Waals surface area contributed by atoms with Crippen molar-refractivity contribution in [3.8, 4) is 11.1 Å². The van der Waals surface area contributed by atoms with Gasteiger partial charge in [-0.1, -0.05) is 153 Å². The second-order valence-corrected chi connectivity index (χ2v) is 12.1. The first-order valence-corrected chi connectivity index (χ1v) is 16.1. The minimum absolute atomic E-state index is 0. The van der Waals surface area contributed by atoms with Crippen LogP contribution in [-0.4, -0.2) is 9.52 Å². The summed E-state index contributed by atoms with van der Waals surface area (Å²) in [6.07, 6.45) is 14.8. The Balaban J connectivity index is 0.000000362. The third-order valence-corrected chi connectivity index (χ3v) is 9.19. The molecule has 0 saturated carbocycles. The summed E-state index contributed by atoms with van der Waals surface area (Å²) in [5.41, 5.74) is 9.86. The molecule has 2 aliphatic carbocycles. The van der Waals surface area contributed by atoms with Gasteiger partial charge in [0.05, 0.1) is 0 Å². The fraction of sp³-hybridized carbons (Fsp3) is 0.351. The van der Waals surface area contributed by atoms with Gasteiger partial charge in [-0.25, -0.2) is 0 Å². The molecule has 1 fully saturated rings. The van der Waals surface area contributed by atoms with Crippen LogP contribution in [0.4, 0.5) is 0 Å². The third-order valence-electron chi connectivity index (χ3n) is 7.78. The number of allylic oxidation sites excluding steroid dienone is 2. The molecule has 6 rings (SSSR count). The van der Waals surface area contributed by atoms with Crippen LogP contribution in [0, 0.1) is 12.8 Å². The topological polar surface area (TPSA) is 0 Å². The van der Waals surface area contributed by atoms with Gasteiger partial charge in [0.25, 0.3) is 0 Å². The largest absolute Gasteiger partial charge is 2.00 e. The van der Waals surface area contributed by atoms with Gasteiger partial charge in [-0.05, 0) is 29.2 Å². The van der Waals surface area contributed by atoms with E-state index in [0.717, 1.165) is 12.8 Å². The van der Waals surface area contributed by atoms with Crippen LogP contribution >= 0.6 is 0 Å². The van der Waals surface area contributed by atoms with Gasteiger partial charge in [0.1, 0.15) is 0 Å². The molecule has 2 heteroatoms. The van der Waals surface area contributed by atoms with Crippen LogP contribution in [0.1, 0.15) is 93.4 Å². The van der Waals surface area contributed by atoms with Crippen LogP contribution in [-0.2, 0) is 26.2 Å². The zero-order valence-corrected chi connectivity index (χ0v) is 27.6. The fourth-order valence-electron chi connectivity index (χ4n) is 5.89. The zero-order chi connectivity index (χ0) is 26.7. The Bertz CT molecular complexity index is 1200. The van der Waals surface area contributed by atoms with Crippen molar-refractivity contribution in [2.75, 3.05) is 0 Å². The SMILES string of the molecule is C1CC[Si]C1.CCC[C-](C1C=Cc2c(-c3ccccc3)cccc21)C1C(C)=Cc2ccccc21.[CH2-]CCC.[Zr+2]. The Hall–Kier alpha value is -1.76. The number of hydrogen-bond donors (Lipinski definition) is 0. The first-order valence-electron chi connectivity index (χ1n) is 14.7. The Morgan fingerprint density at radius 2 is 1.51 bits per heavy atom. The van der Waals surface area contributed by atoms with E-state index in [-0.39, 0.29) is 26.2 Å². The van der Waals surface area contributed by atoms with E-state index < -0.39 is 0 Å². The molecule has 0 amide bonds. The van der Waals surface area contributed by atoms with Crippen molar-refractivity contribution in [2.24, 2.45) is 0 Å². The second kappa shape index (κ2) is 16.5. The number of rotatable bonds is 6. The molecule has 2 atom stereocenters. The number of fused-ring (bicyclic) bond motifs is 2. The van der Waals surface area contributed by atoms with Crippen molar-refractivity contribution in [2.45, 2.75) is 83.2 Å². The van der Waals surface area contributed by atoms with E-state index in [1.807, 2.05) is 0 Å². The van der Waals surface area contributed by atoms with E-state index in [1.54, 1.807) is 5.92 Å². The van der Waals surface area contributed by atoms with Crippen LogP contribution in [0.25, 0.3) is 23.3 Å². The molecule has 3 aromatic rings. The van der Waals surface area contributed by atoms with Crippen molar-refractivity contribution >= 4 is 21.7 Å². The summed E-state index contributed by atoms with van der Waals surface area (Å²) < 4.78 is 0.